The molecule has 0 spiro atoms. The van der Waals surface area contributed by atoms with Crippen LogP contribution in [0.1, 0.15) is 29.6 Å². The van der Waals surface area contributed by atoms with Crippen LogP contribution in [-0.2, 0) is 0 Å². The topological polar surface area (TPSA) is 65.5 Å². The van der Waals surface area contributed by atoms with E-state index in [0.717, 1.165) is 69.4 Å². The Morgan fingerprint density at radius 3 is 2.23 bits per heavy atom. The lowest BCUT2D eigenvalue weighted by molar-refractivity contribution is 0.0724. The van der Waals surface area contributed by atoms with Gasteiger partial charge in [0.1, 0.15) is 5.82 Å². The highest BCUT2D eigenvalue weighted by molar-refractivity contribution is 5.94. The molecule has 0 radical (unpaired) electrons. The van der Waals surface area contributed by atoms with Gasteiger partial charge in [-0.05, 0) is 37.5 Å². The standard InChI is InChI=1S/C19H24N6O/c26-18(24-9-2-1-3-10-24)16-5-8-20-17(15-16)23-11-13-25(14-12-23)19-21-6-4-7-22-19/h4-8,15H,1-3,9-14H2. The zero-order chi connectivity index (χ0) is 17.8. The molecule has 1 amide bonds. The van der Waals surface area contributed by atoms with Gasteiger partial charge < -0.3 is 14.7 Å². The molecule has 26 heavy (non-hydrogen) atoms. The quantitative estimate of drug-likeness (QED) is 0.840. The Balaban J connectivity index is 1.42. The highest BCUT2D eigenvalue weighted by Crippen LogP contribution is 2.19. The monoisotopic (exact) mass is 352 g/mol. The average Bonchev–Trinajstić information content (AvgIpc) is 2.75. The number of pyridine rings is 1. The number of hydrogen-bond acceptors (Lipinski definition) is 6. The van der Waals surface area contributed by atoms with Gasteiger partial charge in [0.25, 0.3) is 5.91 Å². The zero-order valence-corrected chi connectivity index (χ0v) is 14.9. The Bertz CT molecular complexity index is 739. The highest BCUT2D eigenvalue weighted by Gasteiger charge is 2.22. The van der Waals surface area contributed by atoms with Gasteiger partial charge in [-0.2, -0.15) is 0 Å². The van der Waals surface area contributed by atoms with Crippen LogP contribution >= 0.6 is 0 Å². The molecule has 136 valence electrons. The van der Waals surface area contributed by atoms with Gasteiger partial charge in [-0.25, -0.2) is 15.0 Å². The van der Waals surface area contributed by atoms with Gasteiger partial charge in [-0.1, -0.05) is 0 Å². The smallest absolute Gasteiger partial charge is 0.254 e. The summed E-state index contributed by atoms with van der Waals surface area (Å²) in [4.78, 5) is 32.2. The molecule has 7 heteroatoms. The number of piperazine rings is 1. The Hall–Kier alpha value is -2.70. The summed E-state index contributed by atoms with van der Waals surface area (Å²) >= 11 is 0. The Morgan fingerprint density at radius 1 is 0.808 bits per heavy atom. The van der Waals surface area contributed by atoms with E-state index in [1.807, 2.05) is 23.1 Å². The van der Waals surface area contributed by atoms with Crippen LogP contribution in [0.15, 0.2) is 36.8 Å². The van der Waals surface area contributed by atoms with Gasteiger partial charge >= 0.3 is 0 Å². The summed E-state index contributed by atoms with van der Waals surface area (Å²) in [7, 11) is 0. The lowest BCUT2D eigenvalue weighted by Crippen LogP contribution is -2.47. The summed E-state index contributed by atoms with van der Waals surface area (Å²) in [6, 6.07) is 5.59. The van der Waals surface area contributed by atoms with Gasteiger partial charge in [0.15, 0.2) is 0 Å². The van der Waals surface area contributed by atoms with Crippen LogP contribution in [0.25, 0.3) is 0 Å². The van der Waals surface area contributed by atoms with E-state index >= 15 is 0 Å². The van der Waals surface area contributed by atoms with Gasteiger partial charge in [-0.15, -0.1) is 0 Å². The molecule has 2 aromatic rings. The maximum absolute atomic E-state index is 12.7. The number of aromatic nitrogens is 3. The number of amides is 1. The van der Waals surface area contributed by atoms with Crippen LogP contribution < -0.4 is 9.80 Å². The third-order valence-corrected chi connectivity index (χ3v) is 5.07. The number of hydrogen-bond donors (Lipinski definition) is 0. The summed E-state index contributed by atoms with van der Waals surface area (Å²) in [5.74, 6) is 1.78. The summed E-state index contributed by atoms with van der Waals surface area (Å²) in [5.41, 5.74) is 0.741. The van der Waals surface area contributed by atoms with Crippen LogP contribution in [0.5, 0.6) is 0 Å². The largest absolute Gasteiger partial charge is 0.353 e. The van der Waals surface area contributed by atoms with E-state index in [4.69, 9.17) is 0 Å². The van der Waals surface area contributed by atoms with Crippen molar-refractivity contribution >= 4 is 17.7 Å². The fourth-order valence-corrected chi connectivity index (χ4v) is 3.59. The van der Waals surface area contributed by atoms with Crippen molar-refractivity contribution in [3.8, 4) is 0 Å². The second kappa shape index (κ2) is 7.68. The van der Waals surface area contributed by atoms with Crippen molar-refractivity contribution in [3.05, 3.63) is 42.4 Å². The molecule has 2 aliphatic heterocycles. The predicted molar refractivity (Wildman–Crippen MR) is 100 cm³/mol. The van der Waals surface area contributed by atoms with Crippen LogP contribution in [0, 0.1) is 0 Å². The number of rotatable bonds is 3. The van der Waals surface area contributed by atoms with E-state index < -0.39 is 0 Å². The van der Waals surface area contributed by atoms with Crippen LogP contribution in [0.3, 0.4) is 0 Å². The maximum atomic E-state index is 12.7. The minimum Gasteiger partial charge on any atom is -0.353 e. The van der Waals surface area contributed by atoms with Gasteiger partial charge in [0.2, 0.25) is 5.95 Å². The summed E-state index contributed by atoms with van der Waals surface area (Å²) in [5, 5.41) is 0. The predicted octanol–water partition coefficient (Wildman–Crippen LogP) is 1.82. The number of carbonyl (C=O) groups excluding carboxylic acids is 1. The van der Waals surface area contributed by atoms with E-state index in [1.54, 1.807) is 18.6 Å². The van der Waals surface area contributed by atoms with Crippen molar-refractivity contribution in [2.45, 2.75) is 19.3 Å². The minimum atomic E-state index is 0.129. The first-order chi connectivity index (χ1) is 12.8. The van der Waals surface area contributed by atoms with Crippen molar-refractivity contribution in [1.29, 1.82) is 0 Å². The molecular formula is C19H24N6O. The first kappa shape index (κ1) is 16.8. The van der Waals surface area contributed by atoms with E-state index in [9.17, 15) is 4.79 Å². The van der Waals surface area contributed by atoms with E-state index in [2.05, 4.69) is 24.8 Å². The molecule has 4 rings (SSSR count). The van der Waals surface area contributed by atoms with Gasteiger partial charge in [0.05, 0.1) is 0 Å². The normalized spacial score (nSPS) is 18.1. The molecule has 0 aliphatic carbocycles. The first-order valence-electron chi connectivity index (χ1n) is 9.33. The fraction of sp³-hybridized carbons (Fsp3) is 0.474. The molecule has 2 aliphatic rings. The number of carbonyl (C=O) groups is 1. The van der Waals surface area contributed by atoms with Gasteiger partial charge in [0, 0.05) is 63.4 Å². The first-order valence-corrected chi connectivity index (χ1v) is 9.33. The molecule has 0 atom stereocenters. The molecule has 0 aromatic carbocycles. The third-order valence-electron chi connectivity index (χ3n) is 5.07. The molecule has 4 heterocycles. The molecule has 7 nitrogen and oxygen atoms in total. The highest BCUT2D eigenvalue weighted by atomic mass is 16.2. The second-order valence-electron chi connectivity index (χ2n) is 6.78. The van der Waals surface area contributed by atoms with Crippen LogP contribution in [0.4, 0.5) is 11.8 Å². The van der Waals surface area contributed by atoms with Crippen molar-refractivity contribution in [1.82, 2.24) is 19.9 Å². The average molecular weight is 352 g/mol. The molecule has 0 saturated carbocycles. The minimum absolute atomic E-state index is 0.129. The fourth-order valence-electron chi connectivity index (χ4n) is 3.59. The number of likely N-dealkylation sites (tertiary alicyclic amines) is 1. The number of anilines is 2. The molecule has 2 fully saturated rings. The summed E-state index contributed by atoms with van der Waals surface area (Å²) in [6.45, 7) is 5.10. The van der Waals surface area contributed by atoms with Crippen LogP contribution in [0.2, 0.25) is 0 Å². The summed E-state index contributed by atoms with van der Waals surface area (Å²) < 4.78 is 0. The number of nitrogens with zero attached hydrogens (tertiary/aromatic N) is 6. The molecule has 0 unspecified atom stereocenters. The molecule has 0 bridgehead atoms. The Morgan fingerprint density at radius 2 is 1.50 bits per heavy atom. The molecular weight excluding hydrogens is 328 g/mol. The van der Waals surface area contributed by atoms with Crippen molar-refractivity contribution in [3.63, 3.8) is 0 Å². The Labute approximate surface area is 153 Å². The third kappa shape index (κ3) is 3.61. The lowest BCUT2D eigenvalue weighted by Gasteiger charge is -2.35. The lowest BCUT2D eigenvalue weighted by atomic mass is 10.1. The summed E-state index contributed by atoms with van der Waals surface area (Å²) in [6.07, 6.45) is 8.72. The number of piperidine rings is 1. The zero-order valence-electron chi connectivity index (χ0n) is 14.9. The maximum Gasteiger partial charge on any atom is 0.254 e. The van der Waals surface area contributed by atoms with E-state index in [0.29, 0.717) is 0 Å². The molecule has 2 saturated heterocycles. The van der Waals surface area contributed by atoms with Crippen LogP contribution in [-0.4, -0.2) is 65.0 Å². The molecule has 2 aromatic heterocycles. The van der Waals surface area contributed by atoms with Gasteiger partial charge in [-0.3, -0.25) is 4.79 Å². The SMILES string of the molecule is O=C(c1ccnc(N2CCN(c3ncccn3)CC2)c1)N1CCCCC1. The second-order valence-corrected chi connectivity index (χ2v) is 6.78. The van der Waals surface area contributed by atoms with Crippen molar-refractivity contribution in [2.24, 2.45) is 0 Å². The van der Waals surface area contributed by atoms with Crippen molar-refractivity contribution < 1.29 is 4.79 Å². The Kier molecular flexibility index (Phi) is 4.95. The van der Waals surface area contributed by atoms with Crippen molar-refractivity contribution in [2.75, 3.05) is 49.1 Å². The van der Waals surface area contributed by atoms with E-state index in [-0.39, 0.29) is 5.91 Å². The van der Waals surface area contributed by atoms with E-state index in [1.165, 1.54) is 6.42 Å². The molecule has 0 N–H and O–H groups in total.